The fourth-order valence-corrected chi connectivity index (χ4v) is 1.28. The number of halogens is 1. The Morgan fingerprint density at radius 2 is 2.31 bits per heavy atom. The molecule has 0 spiro atoms. The largest absolute Gasteiger partial charge is 0.352 e. The van der Waals surface area contributed by atoms with Gasteiger partial charge in [0.1, 0.15) is 0 Å². The van der Waals surface area contributed by atoms with E-state index >= 15 is 0 Å². The van der Waals surface area contributed by atoms with Crippen LogP contribution in [0.1, 0.15) is 24.6 Å². The van der Waals surface area contributed by atoms with Crippen LogP contribution in [-0.2, 0) is 18.4 Å². The van der Waals surface area contributed by atoms with Crippen molar-refractivity contribution in [1.82, 2.24) is 15.1 Å². The molecule has 0 saturated carbocycles. The van der Waals surface area contributed by atoms with E-state index in [1.54, 1.807) is 10.9 Å². The van der Waals surface area contributed by atoms with Gasteiger partial charge in [-0.2, -0.15) is 5.10 Å². The Hall–Kier alpha value is -1.07. The van der Waals surface area contributed by atoms with Gasteiger partial charge in [0.2, 0.25) is 5.91 Å². The van der Waals surface area contributed by atoms with Crippen LogP contribution in [0, 0.1) is 6.92 Å². The number of hydrogen-bond acceptors (Lipinski definition) is 3. The quantitative estimate of drug-likeness (QED) is 0.813. The van der Waals surface area contributed by atoms with Gasteiger partial charge in [0.05, 0.1) is 6.20 Å². The highest BCUT2D eigenvalue weighted by atomic mass is 35.5. The highest BCUT2D eigenvalue weighted by Crippen LogP contribution is 2.04. The highest BCUT2D eigenvalue weighted by Gasteiger charge is 2.07. The molecule has 1 rings (SSSR count). The molecule has 92 valence electrons. The van der Waals surface area contributed by atoms with E-state index in [1.807, 2.05) is 20.9 Å². The number of carbonyl (C=O) groups excluding carboxylic acids is 1. The minimum Gasteiger partial charge on any atom is -0.352 e. The van der Waals surface area contributed by atoms with Gasteiger partial charge in [-0.15, -0.1) is 12.4 Å². The lowest BCUT2D eigenvalue weighted by Gasteiger charge is -2.06. The minimum absolute atomic E-state index is 0. The molecule has 0 bridgehead atoms. The first-order chi connectivity index (χ1) is 7.00. The van der Waals surface area contributed by atoms with Gasteiger partial charge in [-0.25, -0.2) is 0 Å². The molecule has 0 saturated heterocycles. The molecule has 1 aromatic heterocycles. The van der Waals surface area contributed by atoms with Crippen molar-refractivity contribution in [2.45, 2.75) is 32.9 Å². The van der Waals surface area contributed by atoms with Crippen LogP contribution in [0.15, 0.2) is 6.20 Å². The van der Waals surface area contributed by atoms with Gasteiger partial charge in [-0.3, -0.25) is 9.48 Å². The van der Waals surface area contributed by atoms with Crippen LogP contribution < -0.4 is 11.1 Å². The van der Waals surface area contributed by atoms with Crippen LogP contribution in [-0.4, -0.2) is 21.7 Å². The average Bonchev–Trinajstić information content (AvgIpc) is 2.44. The third-order valence-corrected chi connectivity index (χ3v) is 2.32. The smallest absolute Gasteiger partial charge is 0.221 e. The lowest BCUT2D eigenvalue weighted by Crippen LogP contribution is -2.29. The standard InChI is InChI=1S/C10H18N4O.ClH/c1-7(11)4-10(15)12-5-9-6-13-14(3)8(9)2;/h6-7H,4-5,11H2,1-3H3,(H,12,15);1H. The van der Waals surface area contributed by atoms with Crippen LogP contribution in [0.2, 0.25) is 0 Å². The van der Waals surface area contributed by atoms with Crippen molar-refractivity contribution < 1.29 is 4.79 Å². The third-order valence-electron chi connectivity index (χ3n) is 2.32. The van der Waals surface area contributed by atoms with Crippen molar-refractivity contribution in [2.75, 3.05) is 0 Å². The molecule has 0 radical (unpaired) electrons. The summed E-state index contributed by atoms with van der Waals surface area (Å²) in [6.07, 6.45) is 2.13. The molecule has 1 unspecified atom stereocenters. The molecular formula is C10H19ClN4O. The molecule has 1 heterocycles. The first-order valence-electron chi connectivity index (χ1n) is 5.00. The molecule has 0 fully saturated rings. The summed E-state index contributed by atoms with van der Waals surface area (Å²) in [5, 5.41) is 6.91. The highest BCUT2D eigenvalue weighted by molar-refractivity contribution is 5.85. The molecule has 3 N–H and O–H groups in total. The van der Waals surface area contributed by atoms with Gasteiger partial charge < -0.3 is 11.1 Å². The summed E-state index contributed by atoms with van der Waals surface area (Å²) in [7, 11) is 1.88. The predicted octanol–water partition coefficient (Wildman–Crippen LogP) is 0.504. The lowest BCUT2D eigenvalue weighted by atomic mass is 10.2. The number of aromatic nitrogens is 2. The number of nitrogens with two attached hydrogens (primary N) is 1. The summed E-state index contributed by atoms with van der Waals surface area (Å²) in [5.41, 5.74) is 7.62. The monoisotopic (exact) mass is 246 g/mol. The van der Waals surface area contributed by atoms with Gasteiger partial charge >= 0.3 is 0 Å². The summed E-state index contributed by atoms with van der Waals surface area (Å²) in [5.74, 6) is -0.0201. The fraction of sp³-hybridized carbons (Fsp3) is 0.600. The van der Waals surface area contributed by atoms with E-state index in [4.69, 9.17) is 5.73 Å². The Kier molecular flexibility index (Phi) is 6.06. The number of carbonyl (C=O) groups is 1. The summed E-state index contributed by atoms with van der Waals surface area (Å²) in [6.45, 7) is 4.31. The van der Waals surface area contributed by atoms with Crippen LogP contribution in [0.3, 0.4) is 0 Å². The Bertz CT molecular complexity index is 349. The first-order valence-corrected chi connectivity index (χ1v) is 5.00. The zero-order valence-corrected chi connectivity index (χ0v) is 10.7. The minimum atomic E-state index is -0.0972. The molecule has 6 heteroatoms. The lowest BCUT2D eigenvalue weighted by molar-refractivity contribution is -0.121. The third kappa shape index (κ3) is 4.20. The summed E-state index contributed by atoms with van der Waals surface area (Å²) in [6, 6.07) is -0.0972. The predicted molar refractivity (Wildman–Crippen MR) is 65.3 cm³/mol. The molecule has 1 aromatic rings. The zero-order chi connectivity index (χ0) is 11.4. The maximum atomic E-state index is 11.3. The summed E-state index contributed by atoms with van der Waals surface area (Å²) >= 11 is 0. The van der Waals surface area contributed by atoms with Gasteiger partial charge in [0.25, 0.3) is 0 Å². The van der Waals surface area contributed by atoms with E-state index < -0.39 is 0 Å². The Morgan fingerprint density at radius 3 is 2.75 bits per heavy atom. The number of rotatable bonds is 4. The molecule has 5 nitrogen and oxygen atoms in total. The number of nitrogens with one attached hydrogen (secondary N) is 1. The van der Waals surface area contributed by atoms with Crippen molar-refractivity contribution in [3.63, 3.8) is 0 Å². The molecular weight excluding hydrogens is 228 g/mol. The maximum Gasteiger partial charge on any atom is 0.221 e. The van der Waals surface area contributed by atoms with Crippen LogP contribution in [0.25, 0.3) is 0 Å². The second-order valence-electron chi connectivity index (χ2n) is 3.84. The van der Waals surface area contributed by atoms with E-state index in [2.05, 4.69) is 10.4 Å². The van der Waals surface area contributed by atoms with Crippen LogP contribution in [0.4, 0.5) is 0 Å². The van der Waals surface area contributed by atoms with Gasteiger partial charge in [-0.05, 0) is 13.8 Å². The van der Waals surface area contributed by atoms with Crippen molar-refractivity contribution in [3.8, 4) is 0 Å². The molecule has 16 heavy (non-hydrogen) atoms. The number of nitrogens with zero attached hydrogens (tertiary/aromatic N) is 2. The SMILES string of the molecule is Cc1c(CNC(=O)CC(C)N)cnn1C.Cl. The zero-order valence-electron chi connectivity index (χ0n) is 9.86. The number of hydrogen-bond donors (Lipinski definition) is 2. The Morgan fingerprint density at radius 1 is 1.69 bits per heavy atom. The van der Waals surface area contributed by atoms with Crippen molar-refractivity contribution in [3.05, 3.63) is 17.5 Å². The van der Waals surface area contributed by atoms with Crippen molar-refractivity contribution in [1.29, 1.82) is 0 Å². The molecule has 1 amide bonds. The van der Waals surface area contributed by atoms with E-state index in [-0.39, 0.29) is 24.4 Å². The van der Waals surface area contributed by atoms with E-state index in [9.17, 15) is 4.79 Å². The Labute approximate surface area is 102 Å². The molecule has 0 aliphatic rings. The first kappa shape index (κ1) is 14.9. The van der Waals surface area contributed by atoms with E-state index in [1.165, 1.54) is 0 Å². The van der Waals surface area contributed by atoms with Gasteiger partial charge in [0.15, 0.2) is 0 Å². The van der Waals surface area contributed by atoms with E-state index in [0.29, 0.717) is 13.0 Å². The summed E-state index contributed by atoms with van der Waals surface area (Å²) < 4.78 is 1.78. The molecule has 0 aliphatic carbocycles. The number of amides is 1. The van der Waals surface area contributed by atoms with Crippen LogP contribution in [0.5, 0.6) is 0 Å². The van der Waals surface area contributed by atoms with Crippen LogP contribution >= 0.6 is 12.4 Å². The van der Waals surface area contributed by atoms with Gasteiger partial charge in [0, 0.05) is 37.3 Å². The Balaban J connectivity index is 0.00000225. The van der Waals surface area contributed by atoms with E-state index in [0.717, 1.165) is 11.3 Å². The maximum absolute atomic E-state index is 11.3. The van der Waals surface area contributed by atoms with Gasteiger partial charge in [-0.1, -0.05) is 0 Å². The average molecular weight is 247 g/mol. The second kappa shape index (κ2) is 6.50. The molecule has 0 aromatic carbocycles. The summed E-state index contributed by atoms with van der Waals surface area (Å²) in [4.78, 5) is 11.3. The van der Waals surface area contributed by atoms with Crippen molar-refractivity contribution >= 4 is 18.3 Å². The normalized spacial score (nSPS) is 11.8. The second-order valence-corrected chi connectivity index (χ2v) is 3.84. The number of aryl methyl sites for hydroxylation is 1. The fourth-order valence-electron chi connectivity index (χ4n) is 1.28. The van der Waals surface area contributed by atoms with Crippen molar-refractivity contribution in [2.24, 2.45) is 12.8 Å². The molecule has 1 atom stereocenters. The topological polar surface area (TPSA) is 72.9 Å². The molecule has 0 aliphatic heterocycles.